The Morgan fingerprint density at radius 1 is 1.46 bits per heavy atom. The first-order valence-corrected chi connectivity index (χ1v) is 8.84. The van der Waals surface area contributed by atoms with Crippen LogP contribution in [-0.2, 0) is 11.2 Å². The smallest absolute Gasteiger partial charge is 0.231 e. The van der Waals surface area contributed by atoms with Gasteiger partial charge in [-0.15, -0.1) is 10.2 Å². The summed E-state index contributed by atoms with van der Waals surface area (Å²) in [6.45, 7) is 5.02. The fourth-order valence-electron chi connectivity index (χ4n) is 2.93. The summed E-state index contributed by atoms with van der Waals surface area (Å²) in [6, 6.07) is 2.02. The number of nitrogens with one attached hydrogen (secondary N) is 1. The summed E-state index contributed by atoms with van der Waals surface area (Å²) in [7, 11) is 0. The highest BCUT2D eigenvalue weighted by molar-refractivity contribution is 7.15. The Kier molecular flexibility index (Phi) is 5.00. The molecule has 0 bridgehead atoms. The summed E-state index contributed by atoms with van der Waals surface area (Å²) in [6.07, 6.45) is 2.85. The minimum absolute atomic E-state index is 0.0976. The molecule has 3 heterocycles. The van der Waals surface area contributed by atoms with Crippen LogP contribution in [0.15, 0.2) is 6.07 Å². The number of hydrogen-bond acceptors (Lipinski definition) is 8. The van der Waals surface area contributed by atoms with Gasteiger partial charge in [0.15, 0.2) is 0 Å². The minimum Gasteiger partial charge on any atom is -0.369 e. The molecule has 9 heteroatoms. The van der Waals surface area contributed by atoms with Gasteiger partial charge in [0, 0.05) is 6.07 Å². The van der Waals surface area contributed by atoms with Gasteiger partial charge in [-0.25, -0.2) is 9.97 Å². The highest BCUT2D eigenvalue weighted by Gasteiger charge is 2.28. The molecule has 0 unspecified atom stereocenters. The molecule has 0 aliphatic carbocycles. The highest BCUT2D eigenvalue weighted by atomic mass is 32.1. The average Bonchev–Trinajstić information content (AvgIpc) is 3.15. The zero-order valence-corrected chi connectivity index (χ0v) is 14.6. The number of likely N-dealkylation sites (tertiary alicyclic amines) is 1. The van der Waals surface area contributed by atoms with E-state index < -0.39 is 0 Å². The molecule has 2 aromatic heterocycles. The van der Waals surface area contributed by atoms with Gasteiger partial charge < -0.3 is 11.1 Å². The number of nitrogens with two attached hydrogens (primary N) is 1. The molecule has 3 rings (SSSR count). The Hall–Kier alpha value is -2.13. The van der Waals surface area contributed by atoms with E-state index in [2.05, 4.69) is 30.4 Å². The molecule has 24 heavy (non-hydrogen) atoms. The van der Waals surface area contributed by atoms with E-state index in [4.69, 9.17) is 5.73 Å². The van der Waals surface area contributed by atoms with E-state index in [0.29, 0.717) is 11.6 Å². The lowest BCUT2D eigenvalue weighted by Crippen LogP contribution is -2.33. The molecule has 0 spiro atoms. The van der Waals surface area contributed by atoms with E-state index in [1.807, 2.05) is 19.9 Å². The number of amides is 1. The molecule has 1 amide bonds. The normalized spacial score (nSPS) is 18.0. The number of primary amides is 1. The van der Waals surface area contributed by atoms with Crippen LogP contribution in [0.4, 0.5) is 10.9 Å². The van der Waals surface area contributed by atoms with Gasteiger partial charge >= 0.3 is 0 Å². The van der Waals surface area contributed by atoms with Crippen molar-refractivity contribution in [3.63, 3.8) is 0 Å². The molecule has 128 valence electrons. The third kappa shape index (κ3) is 3.85. The third-order valence-electron chi connectivity index (χ3n) is 3.93. The Morgan fingerprint density at radius 2 is 2.29 bits per heavy atom. The van der Waals surface area contributed by atoms with Crippen LogP contribution in [-0.4, -0.2) is 44.1 Å². The summed E-state index contributed by atoms with van der Waals surface area (Å²) in [4.78, 5) is 22.3. The van der Waals surface area contributed by atoms with Gasteiger partial charge in [0.1, 0.15) is 16.6 Å². The summed E-state index contributed by atoms with van der Waals surface area (Å²) >= 11 is 1.52. The summed E-state index contributed by atoms with van der Waals surface area (Å²) in [5.74, 6) is 1.07. The van der Waals surface area contributed by atoms with Crippen LogP contribution in [0.1, 0.15) is 42.3 Å². The van der Waals surface area contributed by atoms with Crippen LogP contribution in [0, 0.1) is 6.92 Å². The molecule has 1 fully saturated rings. The lowest BCUT2D eigenvalue weighted by atomic mass is 10.1. The summed E-state index contributed by atoms with van der Waals surface area (Å²) in [5.41, 5.74) is 6.26. The number of hydrogen-bond donors (Lipinski definition) is 2. The van der Waals surface area contributed by atoms with Crippen molar-refractivity contribution in [2.75, 3.05) is 18.4 Å². The van der Waals surface area contributed by atoms with Crippen molar-refractivity contribution >= 4 is 28.2 Å². The number of aromatic nitrogens is 4. The van der Waals surface area contributed by atoms with Gasteiger partial charge in [0.2, 0.25) is 11.0 Å². The van der Waals surface area contributed by atoms with E-state index in [1.54, 1.807) is 0 Å². The molecule has 2 aromatic rings. The molecular formula is C15H21N7OS. The Morgan fingerprint density at radius 3 is 3.00 bits per heavy atom. The molecule has 1 saturated heterocycles. The first-order chi connectivity index (χ1) is 11.5. The predicted molar refractivity (Wildman–Crippen MR) is 92.1 cm³/mol. The van der Waals surface area contributed by atoms with Crippen molar-refractivity contribution in [2.45, 2.75) is 39.2 Å². The number of anilines is 2. The zero-order valence-electron chi connectivity index (χ0n) is 13.8. The van der Waals surface area contributed by atoms with Crippen LogP contribution >= 0.6 is 11.3 Å². The molecule has 1 aliphatic rings. The van der Waals surface area contributed by atoms with Crippen molar-refractivity contribution in [3.05, 3.63) is 22.6 Å². The minimum atomic E-state index is -0.313. The maximum absolute atomic E-state index is 11.3. The maximum atomic E-state index is 11.3. The second-order valence-electron chi connectivity index (χ2n) is 5.80. The predicted octanol–water partition coefficient (Wildman–Crippen LogP) is 1.56. The van der Waals surface area contributed by atoms with Gasteiger partial charge in [-0.1, -0.05) is 18.3 Å². The second kappa shape index (κ2) is 7.18. The lowest BCUT2D eigenvalue weighted by Gasteiger charge is -2.23. The van der Waals surface area contributed by atoms with Crippen molar-refractivity contribution in [1.82, 2.24) is 25.1 Å². The largest absolute Gasteiger partial charge is 0.369 e. The number of carbonyl (C=O) groups is 1. The molecule has 3 N–H and O–H groups in total. The zero-order chi connectivity index (χ0) is 17.1. The summed E-state index contributed by atoms with van der Waals surface area (Å²) < 4.78 is 0. The van der Waals surface area contributed by atoms with E-state index in [0.717, 1.165) is 41.6 Å². The van der Waals surface area contributed by atoms with Gasteiger partial charge in [-0.3, -0.25) is 9.69 Å². The monoisotopic (exact) mass is 347 g/mol. The van der Waals surface area contributed by atoms with Crippen molar-refractivity contribution in [1.29, 1.82) is 0 Å². The van der Waals surface area contributed by atoms with Crippen LogP contribution in [0.5, 0.6) is 0 Å². The number of carbonyl (C=O) groups excluding carboxylic acids is 1. The van der Waals surface area contributed by atoms with Crippen LogP contribution in [0.25, 0.3) is 0 Å². The van der Waals surface area contributed by atoms with Gasteiger partial charge in [-0.05, 0) is 32.7 Å². The fourth-order valence-corrected chi connectivity index (χ4v) is 3.62. The quantitative estimate of drug-likeness (QED) is 0.816. The summed E-state index contributed by atoms with van der Waals surface area (Å²) in [5, 5.41) is 13.1. The topological polar surface area (TPSA) is 110 Å². The van der Waals surface area contributed by atoms with E-state index in [-0.39, 0.29) is 18.5 Å². The van der Waals surface area contributed by atoms with Crippen molar-refractivity contribution in [3.8, 4) is 0 Å². The van der Waals surface area contributed by atoms with Crippen LogP contribution in [0.2, 0.25) is 0 Å². The van der Waals surface area contributed by atoms with Crippen LogP contribution in [0.3, 0.4) is 0 Å². The molecule has 0 aromatic carbocycles. The standard InChI is InChI=1S/C15H21N7OS/c1-3-14-20-21-15(24-14)19-13-7-10(17-9(2)18-13)11-5-4-6-22(11)8-12(16)23/h7,11H,3-6,8H2,1-2H3,(H2,16,23)(H,17,18,19,21)/t11-/m1/s1. The molecule has 8 nitrogen and oxygen atoms in total. The lowest BCUT2D eigenvalue weighted by molar-refractivity contribution is -0.119. The second-order valence-corrected chi connectivity index (χ2v) is 6.86. The third-order valence-corrected chi connectivity index (χ3v) is 4.91. The Balaban J connectivity index is 1.81. The highest BCUT2D eigenvalue weighted by Crippen LogP contribution is 2.31. The number of aryl methyl sites for hydroxylation is 2. The SMILES string of the molecule is CCc1nnc(Nc2cc([C@H]3CCCN3CC(N)=O)nc(C)n2)s1. The van der Waals surface area contributed by atoms with Gasteiger partial charge in [0.05, 0.1) is 18.3 Å². The van der Waals surface area contributed by atoms with E-state index in [1.165, 1.54) is 11.3 Å². The average molecular weight is 347 g/mol. The first kappa shape index (κ1) is 16.7. The first-order valence-electron chi connectivity index (χ1n) is 8.02. The van der Waals surface area contributed by atoms with Crippen LogP contribution < -0.4 is 11.1 Å². The van der Waals surface area contributed by atoms with Crippen molar-refractivity contribution in [2.24, 2.45) is 5.73 Å². The molecule has 0 radical (unpaired) electrons. The van der Waals surface area contributed by atoms with Gasteiger partial charge in [0.25, 0.3) is 0 Å². The van der Waals surface area contributed by atoms with E-state index in [9.17, 15) is 4.79 Å². The molecule has 1 aliphatic heterocycles. The van der Waals surface area contributed by atoms with Crippen molar-refractivity contribution < 1.29 is 4.79 Å². The number of nitrogens with zero attached hydrogens (tertiary/aromatic N) is 5. The number of rotatable bonds is 6. The Labute approximate surface area is 144 Å². The Bertz CT molecular complexity index is 732. The maximum Gasteiger partial charge on any atom is 0.231 e. The molecular weight excluding hydrogens is 326 g/mol. The fraction of sp³-hybridized carbons (Fsp3) is 0.533. The molecule has 1 atom stereocenters. The molecule has 0 saturated carbocycles. The van der Waals surface area contributed by atoms with Gasteiger partial charge in [-0.2, -0.15) is 0 Å². The van der Waals surface area contributed by atoms with E-state index >= 15 is 0 Å².